The molecule has 4 aromatic rings. The van der Waals surface area contributed by atoms with E-state index in [1.807, 2.05) is 148 Å². The third kappa shape index (κ3) is 11.1. The highest BCUT2D eigenvalue weighted by Gasteiger charge is 2.53. The van der Waals surface area contributed by atoms with Gasteiger partial charge in [-0.25, -0.2) is 0 Å². The van der Waals surface area contributed by atoms with Crippen molar-refractivity contribution < 1.29 is 19.2 Å². The van der Waals surface area contributed by atoms with Crippen molar-refractivity contribution in [2.75, 3.05) is 0 Å². The fourth-order valence-corrected chi connectivity index (χ4v) is 11.0. The van der Waals surface area contributed by atoms with E-state index >= 15 is 0 Å². The van der Waals surface area contributed by atoms with Crippen LogP contribution in [-0.4, -0.2) is 46.3 Å². The number of likely N-dealkylation sites (tertiary alicyclic amines) is 2. The van der Waals surface area contributed by atoms with Crippen LogP contribution in [0.1, 0.15) is 126 Å². The van der Waals surface area contributed by atoms with Crippen molar-refractivity contribution in [3.05, 3.63) is 165 Å². The molecule has 2 amide bonds. The maximum atomic E-state index is 14.1. The van der Waals surface area contributed by atoms with Crippen LogP contribution in [0.15, 0.2) is 122 Å². The average molecular weight is 945 g/mol. The van der Waals surface area contributed by atoms with Crippen molar-refractivity contribution in [1.29, 1.82) is 0 Å². The van der Waals surface area contributed by atoms with Gasteiger partial charge in [0.1, 0.15) is 12.6 Å². The normalized spacial score (nSPS) is 25.3. The van der Waals surface area contributed by atoms with Crippen LogP contribution >= 0.6 is 46.4 Å². The maximum absolute atomic E-state index is 14.1. The summed E-state index contributed by atoms with van der Waals surface area (Å²) in [6.45, 7) is 19.7. The summed E-state index contributed by atoms with van der Waals surface area (Å²) in [6.07, 6.45) is 9.36. The first-order chi connectivity index (χ1) is 30.5. The molecule has 64 heavy (non-hydrogen) atoms. The van der Waals surface area contributed by atoms with Crippen molar-refractivity contribution >= 4 is 70.8 Å². The van der Waals surface area contributed by atoms with Gasteiger partial charge in [0.25, 0.3) is 0 Å². The van der Waals surface area contributed by atoms with Gasteiger partial charge < -0.3 is 19.4 Å². The third-order valence-electron chi connectivity index (χ3n) is 13.6. The molecule has 0 N–H and O–H groups in total. The number of carbonyl (C=O) groups excluding carboxylic acids is 4. The van der Waals surface area contributed by atoms with Gasteiger partial charge in [0.05, 0.1) is 22.9 Å². The average Bonchev–Trinajstić information content (AvgIpc) is 3.28. The fourth-order valence-electron chi connectivity index (χ4n) is 10.3. The second-order valence-electron chi connectivity index (χ2n) is 18.2. The van der Waals surface area contributed by atoms with Crippen molar-refractivity contribution in [3.63, 3.8) is 0 Å². The van der Waals surface area contributed by atoms with Gasteiger partial charge in [-0.3, -0.25) is 9.59 Å². The number of halogens is 4. The summed E-state index contributed by atoms with van der Waals surface area (Å²) in [5, 5.41) is 2.62. The molecule has 2 aliphatic rings. The van der Waals surface area contributed by atoms with Gasteiger partial charge in [-0.2, -0.15) is 0 Å². The molecule has 0 aromatic heterocycles. The summed E-state index contributed by atoms with van der Waals surface area (Å²) in [5.74, 6) is -0.433. The highest BCUT2D eigenvalue weighted by atomic mass is 35.5. The molecule has 10 atom stereocenters. The molecule has 340 valence electrons. The molecular weight excluding hydrogens is 882 g/mol. The van der Waals surface area contributed by atoms with E-state index in [1.165, 1.54) is 0 Å². The number of carbonyl (C=O) groups is 4. The number of rotatable bonds is 16. The van der Waals surface area contributed by atoms with Crippen molar-refractivity contribution in [3.8, 4) is 0 Å². The number of allylic oxidation sites excluding steroid dienone is 2. The zero-order valence-corrected chi connectivity index (χ0v) is 40.9. The molecule has 2 fully saturated rings. The van der Waals surface area contributed by atoms with Gasteiger partial charge in [0.15, 0.2) is 0 Å². The van der Waals surface area contributed by atoms with E-state index in [4.69, 9.17) is 46.4 Å². The van der Waals surface area contributed by atoms with E-state index < -0.39 is 10.8 Å². The number of aldehydes is 2. The third-order valence-corrected chi connectivity index (χ3v) is 14.5. The molecule has 10 heteroatoms. The van der Waals surface area contributed by atoms with Crippen molar-refractivity contribution in [2.45, 2.75) is 116 Å². The Labute approximate surface area is 401 Å². The van der Waals surface area contributed by atoms with E-state index in [2.05, 4.69) is 25.3 Å². The van der Waals surface area contributed by atoms with Crippen LogP contribution in [0.3, 0.4) is 0 Å². The van der Waals surface area contributed by atoms with Crippen LogP contribution in [0.2, 0.25) is 20.1 Å². The lowest BCUT2D eigenvalue weighted by Gasteiger charge is -2.52. The van der Waals surface area contributed by atoms with E-state index in [0.717, 1.165) is 34.8 Å². The monoisotopic (exact) mass is 942 g/mol. The van der Waals surface area contributed by atoms with Gasteiger partial charge in [-0.05, 0) is 109 Å². The van der Waals surface area contributed by atoms with Crippen LogP contribution in [0.25, 0.3) is 0 Å². The van der Waals surface area contributed by atoms with E-state index in [-0.39, 0.29) is 59.7 Å². The van der Waals surface area contributed by atoms with Gasteiger partial charge in [-0.1, -0.05) is 149 Å². The number of hydrogen-bond donors (Lipinski definition) is 0. The van der Waals surface area contributed by atoms with Crippen molar-refractivity contribution in [2.24, 2.45) is 22.7 Å². The molecule has 2 heterocycles. The molecule has 0 bridgehead atoms. The fraction of sp³-hybridized carbons (Fsp3) is 0.407. The number of benzene rings is 4. The minimum absolute atomic E-state index is 0.00503. The summed E-state index contributed by atoms with van der Waals surface area (Å²) in [7, 11) is 0. The second kappa shape index (κ2) is 22.3. The first-order valence-electron chi connectivity index (χ1n) is 22.3. The first-order valence-corrected chi connectivity index (χ1v) is 23.8. The Bertz CT molecular complexity index is 2110. The van der Waals surface area contributed by atoms with Crippen LogP contribution in [-0.2, 0) is 19.2 Å². The molecule has 6 nitrogen and oxygen atoms in total. The predicted molar refractivity (Wildman–Crippen MR) is 264 cm³/mol. The van der Waals surface area contributed by atoms with Crippen LogP contribution in [0.4, 0.5) is 0 Å². The standard InChI is InChI=1S/2C27H31Cl2NO2/c2*1-5-14-27(4)16-23(20-8-7-9-22(29)15-20)25(19-10-12-21(28)13-11-19)30(26(27)32)24(6-2)18(3)17-31/h2*5,7-13,15,17-18,23-25H,1,6,14,16H2,2-4H3/t18-,23+,24-,25+,27-;18-,23-,24+,25-,27+/m01/s1. The molecule has 0 unspecified atom stereocenters. The van der Waals surface area contributed by atoms with Crippen LogP contribution < -0.4 is 0 Å². The Morgan fingerprint density at radius 1 is 0.578 bits per heavy atom. The smallest absolute Gasteiger partial charge is 0.229 e. The Morgan fingerprint density at radius 3 is 1.20 bits per heavy atom. The first kappa shape index (κ1) is 50.8. The van der Waals surface area contributed by atoms with Crippen LogP contribution in [0.5, 0.6) is 0 Å². The molecule has 0 spiro atoms. The highest BCUT2D eigenvalue weighted by molar-refractivity contribution is 6.31. The maximum Gasteiger partial charge on any atom is 0.229 e. The summed E-state index contributed by atoms with van der Waals surface area (Å²) in [6, 6.07) is 30.2. The number of hydrogen-bond acceptors (Lipinski definition) is 4. The molecule has 0 radical (unpaired) electrons. The lowest BCUT2D eigenvalue weighted by atomic mass is 9.66. The van der Waals surface area contributed by atoms with Gasteiger partial charge in [-0.15, -0.1) is 13.2 Å². The molecular formula is C54H62Cl4N2O4. The zero-order chi connectivity index (χ0) is 46.9. The summed E-state index contributed by atoms with van der Waals surface area (Å²) < 4.78 is 0. The lowest BCUT2D eigenvalue weighted by molar-refractivity contribution is -0.157. The van der Waals surface area contributed by atoms with Crippen LogP contribution in [0, 0.1) is 22.7 Å². The van der Waals surface area contributed by atoms with E-state index in [9.17, 15) is 19.2 Å². The molecule has 2 saturated heterocycles. The van der Waals surface area contributed by atoms with Gasteiger partial charge >= 0.3 is 0 Å². The largest absolute Gasteiger partial charge is 0.331 e. The second-order valence-corrected chi connectivity index (χ2v) is 19.9. The number of amides is 2. The zero-order valence-electron chi connectivity index (χ0n) is 37.9. The Hall–Kier alpha value is -4.20. The quantitative estimate of drug-likeness (QED) is 0.0828. The number of piperidine rings is 2. The summed E-state index contributed by atoms with van der Waals surface area (Å²) in [5.41, 5.74) is 2.94. The lowest BCUT2D eigenvalue weighted by Crippen LogP contribution is -2.57. The summed E-state index contributed by atoms with van der Waals surface area (Å²) >= 11 is 25.1. The molecule has 4 aromatic carbocycles. The SMILES string of the molecule is C=CC[C@@]1(C)C[C@H](c2cccc(Cl)c2)[C@@H](c2ccc(Cl)cc2)N([C@@H](CC)[C@@H](C)C=O)C1=O.C=CC[C@@]1(C)C[C@H](c2cccc(Cl)c2)[C@@H](c2ccc(Cl)cc2)N([C@@H](CC)[C@H](C)C=O)C1=O. The van der Waals surface area contributed by atoms with Crippen molar-refractivity contribution in [1.82, 2.24) is 9.80 Å². The highest BCUT2D eigenvalue weighted by Crippen LogP contribution is 2.54. The van der Waals surface area contributed by atoms with E-state index in [0.29, 0.717) is 58.6 Å². The molecule has 2 aliphatic heterocycles. The Morgan fingerprint density at radius 2 is 0.922 bits per heavy atom. The number of nitrogens with zero attached hydrogens (tertiary/aromatic N) is 2. The summed E-state index contributed by atoms with van der Waals surface area (Å²) in [4.78, 5) is 55.7. The Balaban J connectivity index is 0.000000241. The topological polar surface area (TPSA) is 74.8 Å². The molecule has 6 rings (SSSR count). The van der Waals surface area contributed by atoms with Gasteiger partial charge in [0, 0.05) is 55.8 Å². The minimum Gasteiger partial charge on any atom is -0.331 e. The molecule has 0 saturated carbocycles. The minimum atomic E-state index is -0.617. The van der Waals surface area contributed by atoms with E-state index in [1.54, 1.807) is 0 Å². The molecule has 0 aliphatic carbocycles. The van der Waals surface area contributed by atoms with Gasteiger partial charge in [0.2, 0.25) is 11.8 Å². The Kier molecular flexibility index (Phi) is 17.7. The predicted octanol–water partition coefficient (Wildman–Crippen LogP) is 14.5.